The Labute approximate surface area is 146 Å². The molecular formula is C19H24FNO4. The van der Waals surface area contributed by atoms with Crippen molar-refractivity contribution in [3.8, 4) is 0 Å². The zero-order valence-corrected chi connectivity index (χ0v) is 15.1. The highest BCUT2D eigenvalue weighted by atomic mass is 19.1. The van der Waals surface area contributed by atoms with E-state index in [0.717, 1.165) is 0 Å². The predicted molar refractivity (Wildman–Crippen MR) is 91.8 cm³/mol. The van der Waals surface area contributed by atoms with Gasteiger partial charge < -0.3 is 19.2 Å². The van der Waals surface area contributed by atoms with E-state index >= 15 is 0 Å². The number of fused-ring (bicyclic) bond motifs is 1. The Morgan fingerprint density at radius 1 is 1.28 bits per heavy atom. The molecule has 5 nitrogen and oxygen atoms in total. The molecule has 0 radical (unpaired) electrons. The molecule has 6 heteroatoms. The van der Waals surface area contributed by atoms with Crippen molar-refractivity contribution in [2.24, 2.45) is 0 Å². The normalized spacial score (nSPS) is 17.8. The second-order valence-corrected chi connectivity index (χ2v) is 7.73. The van der Waals surface area contributed by atoms with Crippen molar-refractivity contribution in [1.29, 1.82) is 0 Å². The molecule has 2 aromatic rings. The van der Waals surface area contributed by atoms with Gasteiger partial charge in [0, 0.05) is 24.0 Å². The molecule has 3 rings (SSSR count). The van der Waals surface area contributed by atoms with Crippen molar-refractivity contribution in [3.05, 3.63) is 35.3 Å². The molecule has 1 fully saturated rings. The van der Waals surface area contributed by atoms with Crippen LogP contribution in [0, 0.1) is 12.7 Å². The first kappa shape index (κ1) is 17.7. The summed E-state index contributed by atoms with van der Waals surface area (Å²) < 4.78 is 25.0. The first-order valence-corrected chi connectivity index (χ1v) is 8.48. The fraction of sp³-hybridized carbons (Fsp3) is 0.526. The Kier molecular flexibility index (Phi) is 4.27. The lowest BCUT2D eigenvalue weighted by atomic mass is 9.83. The number of ether oxygens (including phenoxy) is 1. The summed E-state index contributed by atoms with van der Waals surface area (Å²) in [4.78, 5) is 13.7. The lowest BCUT2D eigenvalue weighted by Gasteiger charge is -2.38. The number of hydrogen-bond donors (Lipinski definition) is 1. The largest absolute Gasteiger partial charge is 0.461 e. The number of furan rings is 1. The monoisotopic (exact) mass is 349 g/mol. The number of piperidine rings is 1. The predicted octanol–water partition coefficient (Wildman–Crippen LogP) is 4.10. The lowest BCUT2D eigenvalue weighted by Crippen LogP contribution is -2.46. The first-order chi connectivity index (χ1) is 11.6. The Morgan fingerprint density at radius 3 is 2.52 bits per heavy atom. The van der Waals surface area contributed by atoms with Gasteiger partial charge in [-0.3, -0.25) is 0 Å². The number of nitrogens with zero attached hydrogens (tertiary/aromatic N) is 1. The van der Waals surface area contributed by atoms with E-state index in [-0.39, 0.29) is 0 Å². The maximum atomic E-state index is 14.0. The zero-order chi connectivity index (χ0) is 18.4. The summed E-state index contributed by atoms with van der Waals surface area (Å²) in [5.41, 5.74) is -0.847. The summed E-state index contributed by atoms with van der Waals surface area (Å²) >= 11 is 0. The minimum absolute atomic E-state index is 0.296. The Balaban J connectivity index is 1.82. The molecule has 0 bridgehead atoms. The number of aryl methyl sites for hydroxylation is 1. The van der Waals surface area contributed by atoms with E-state index in [4.69, 9.17) is 9.15 Å². The third-order valence-corrected chi connectivity index (χ3v) is 4.45. The van der Waals surface area contributed by atoms with Gasteiger partial charge in [0.2, 0.25) is 0 Å². The van der Waals surface area contributed by atoms with Crippen molar-refractivity contribution in [2.75, 3.05) is 13.1 Å². The van der Waals surface area contributed by atoms with E-state index in [1.54, 1.807) is 17.9 Å². The number of amides is 1. The Hall–Kier alpha value is -2.08. The maximum Gasteiger partial charge on any atom is 0.410 e. The quantitative estimate of drug-likeness (QED) is 0.842. The van der Waals surface area contributed by atoms with Crippen molar-refractivity contribution < 1.29 is 23.4 Å². The number of carbonyl (C=O) groups excluding carboxylic acids is 1. The summed E-state index contributed by atoms with van der Waals surface area (Å²) in [7, 11) is 0. The van der Waals surface area contributed by atoms with Crippen molar-refractivity contribution in [3.63, 3.8) is 0 Å². The van der Waals surface area contributed by atoms with Crippen LogP contribution in [0.4, 0.5) is 9.18 Å². The van der Waals surface area contributed by atoms with E-state index in [9.17, 15) is 14.3 Å². The molecule has 1 saturated heterocycles. The number of aliphatic hydroxyl groups is 1. The molecule has 25 heavy (non-hydrogen) atoms. The van der Waals surface area contributed by atoms with E-state index in [0.29, 0.717) is 48.2 Å². The number of hydrogen-bond acceptors (Lipinski definition) is 4. The van der Waals surface area contributed by atoms with Crippen LogP contribution < -0.4 is 0 Å². The summed E-state index contributed by atoms with van der Waals surface area (Å²) in [6, 6.07) is 4.48. The van der Waals surface area contributed by atoms with Crippen LogP contribution in [-0.2, 0) is 10.3 Å². The van der Waals surface area contributed by atoms with Gasteiger partial charge in [-0.05, 0) is 58.7 Å². The molecule has 1 N–H and O–H groups in total. The van der Waals surface area contributed by atoms with Crippen LogP contribution in [0.3, 0.4) is 0 Å². The molecule has 136 valence electrons. The van der Waals surface area contributed by atoms with Crippen LogP contribution >= 0.6 is 0 Å². The molecule has 1 aliphatic rings. The van der Waals surface area contributed by atoms with Crippen molar-refractivity contribution >= 4 is 17.1 Å². The number of rotatable bonds is 1. The average molecular weight is 349 g/mol. The van der Waals surface area contributed by atoms with Crippen LogP contribution in [0.5, 0.6) is 0 Å². The standard InChI is InChI=1S/C19H24FNO4/c1-12-9-13-10-14(20)11-15(16(13)24-12)19(23)5-7-21(8-6-19)17(22)25-18(2,3)4/h9-11,23H,5-8H2,1-4H3. The SMILES string of the molecule is Cc1cc2cc(F)cc(C3(O)CCN(C(=O)OC(C)(C)C)CC3)c2o1. The van der Waals surface area contributed by atoms with Crippen LogP contribution in [0.1, 0.15) is 44.9 Å². The van der Waals surface area contributed by atoms with Crippen molar-refractivity contribution in [2.45, 2.75) is 51.7 Å². The molecule has 1 aromatic heterocycles. The molecule has 1 amide bonds. The number of likely N-dealkylation sites (tertiary alicyclic amines) is 1. The highest BCUT2D eigenvalue weighted by Gasteiger charge is 2.39. The maximum absolute atomic E-state index is 14.0. The fourth-order valence-corrected chi connectivity index (χ4v) is 3.25. The van der Waals surface area contributed by atoms with Crippen LogP contribution in [0.2, 0.25) is 0 Å². The number of carbonyl (C=O) groups is 1. The van der Waals surface area contributed by atoms with E-state index in [1.807, 2.05) is 20.8 Å². The van der Waals surface area contributed by atoms with Gasteiger partial charge in [-0.25, -0.2) is 9.18 Å². The summed E-state index contributed by atoms with van der Waals surface area (Å²) in [5.74, 6) is 0.253. The Bertz CT molecular complexity index is 798. The van der Waals surface area contributed by atoms with Crippen LogP contribution in [-0.4, -0.2) is 34.8 Å². The van der Waals surface area contributed by atoms with Gasteiger partial charge >= 0.3 is 6.09 Å². The highest BCUT2D eigenvalue weighted by molar-refractivity contribution is 5.82. The van der Waals surface area contributed by atoms with Gasteiger partial charge in [-0.15, -0.1) is 0 Å². The third kappa shape index (κ3) is 3.63. The molecular weight excluding hydrogens is 325 g/mol. The summed E-state index contributed by atoms with van der Waals surface area (Å²) in [6.45, 7) is 7.90. The smallest absolute Gasteiger partial charge is 0.410 e. The van der Waals surface area contributed by atoms with Crippen molar-refractivity contribution in [1.82, 2.24) is 4.90 Å². The number of benzene rings is 1. The fourth-order valence-electron chi connectivity index (χ4n) is 3.25. The summed E-state index contributed by atoms with van der Waals surface area (Å²) in [6.07, 6.45) is 0.197. The van der Waals surface area contributed by atoms with Gasteiger partial charge in [0.1, 0.15) is 22.8 Å². The molecule has 1 aliphatic heterocycles. The average Bonchev–Trinajstić information content (AvgIpc) is 2.85. The topological polar surface area (TPSA) is 62.9 Å². The second-order valence-electron chi connectivity index (χ2n) is 7.73. The third-order valence-electron chi connectivity index (χ3n) is 4.45. The minimum Gasteiger partial charge on any atom is -0.461 e. The lowest BCUT2D eigenvalue weighted by molar-refractivity contribution is -0.0353. The van der Waals surface area contributed by atoms with E-state index < -0.39 is 23.1 Å². The van der Waals surface area contributed by atoms with Gasteiger partial charge in [0.05, 0.1) is 5.60 Å². The minimum atomic E-state index is -1.23. The van der Waals surface area contributed by atoms with Gasteiger partial charge in [0.25, 0.3) is 0 Å². The van der Waals surface area contributed by atoms with E-state index in [2.05, 4.69) is 0 Å². The highest BCUT2D eigenvalue weighted by Crippen LogP contribution is 2.38. The Morgan fingerprint density at radius 2 is 1.92 bits per heavy atom. The molecule has 0 saturated carbocycles. The molecule has 0 aliphatic carbocycles. The zero-order valence-electron chi connectivity index (χ0n) is 15.1. The molecule has 0 atom stereocenters. The molecule has 0 unspecified atom stereocenters. The van der Waals surface area contributed by atoms with Gasteiger partial charge in [-0.2, -0.15) is 0 Å². The van der Waals surface area contributed by atoms with Crippen LogP contribution in [0.25, 0.3) is 11.0 Å². The van der Waals surface area contributed by atoms with E-state index in [1.165, 1.54) is 12.1 Å². The number of halogens is 1. The molecule has 2 heterocycles. The molecule has 0 spiro atoms. The molecule has 1 aromatic carbocycles. The first-order valence-electron chi connectivity index (χ1n) is 8.48. The van der Waals surface area contributed by atoms with Gasteiger partial charge in [-0.1, -0.05) is 0 Å². The summed E-state index contributed by atoms with van der Waals surface area (Å²) in [5, 5.41) is 11.7. The van der Waals surface area contributed by atoms with Crippen LogP contribution in [0.15, 0.2) is 22.6 Å². The second kappa shape index (κ2) is 6.02. The van der Waals surface area contributed by atoms with Gasteiger partial charge in [0.15, 0.2) is 0 Å².